The standard InChI is InChI=1S/C23H26N2O5S/c1-7-10-25-19-13-21(30-6)20(29-5)12-17(19)16(4)22(31(25,27)28)23(26)24-18-11-14(2)8-9-15(18)3/h7-9,11-13H,1,10H2,2-6H3,(H,24,26). The topological polar surface area (TPSA) is 84.9 Å². The van der Waals surface area contributed by atoms with Gasteiger partial charge in [0.2, 0.25) is 0 Å². The first-order valence-corrected chi connectivity index (χ1v) is 11.1. The van der Waals surface area contributed by atoms with Gasteiger partial charge in [-0.3, -0.25) is 9.10 Å². The Labute approximate surface area is 183 Å². The van der Waals surface area contributed by atoms with E-state index in [1.165, 1.54) is 20.3 Å². The van der Waals surface area contributed by atoms with Gasteiger partial charge in [0.05, 0.1) is 26.5 Å². The van der Waals surface area contributed by atoms with Crippen molar-refractivity contribution in [3.63, 3.8) is 0 Å². The van der Waals surface area contributed by atoms with Crippen LogP contribution in [0, 0.1) is 13.8 Å². The van der Waals surface area contributed by atoms with E-state index in [-0.39, 0.29) is 11.4 Å². The molecule has 0 atom stereocenters. The third-order valence-electron chi connectivity index (χ3n) is 5.21. The second kappa shape index (κ2) is 8.47. The monoisotopic (exact) mass is 442 g/mol. The molecule has 0 fully saturated rings. The summed E-state index contributed by atoms with van der Waals surface area (Å²) in [5.41, 5.74) is 3.65. The third-order valence-corrected chi connectivity index (χ3v) is 7.14. The van der Waals surface area contributed by atoms with E-state index in [4.69, 9.17) is 9.47 Å². The largest absolute Gasteiger partial charge is 0.493 e. The van der Waals surface area contributed by atoms with Crippen LogP contribution in [0.25, 0.3) is 5.57 Å². The number of ether oxygens (including phenoxy) is 2. The molecular weight excluding hydrogens is 416 g/mol. The number of sulfonamides is 1. The molecule has 0 spiro atoms. The van der Waals surface area contributed by atoms with Crippen molar-refractivity contribution in [2.75, 3.05) is 30.4 Å². The van der Waals surface area contributed by atoms with Crippen molar-refractivity contribution >= 4 is 32.9 Å². The number of nitrogens with one attached hydrogen (secondary N) is 1. The maximum absolute atomic E-state index is 13.5. The van der Waals surface area contributed by atoms with Crippen LogP contribution in [0.4, 0.5) is 11.4 Å². The van der Waals surface area contributed by atoms with Gasteiger partial charge in [-0.25, -0.2) is 8.42 Å². The zero-order valence-corrected chi connectivity index (χ0v) is 19.1. The van der Waals surface area contributed by atoms with Crippen LogP contribution in [0.5, 0.6) is 11.5 Å². The van der Waals surface area contributed by atoms with Crippen molar-refractivity contribution < 1.29 is 22.7 Å². The van der Waals surface area contributed by atoms with Gasteiger partial charge in [-0.05, 0) is 49.6 Å². The minimum Gasteiger partial charge on any atom is -0.493 e. The fourth-order valence-electron chi connectivity index (χ4n) is 3.58. The highest BCUT2D eigenvalue weighted by molar-refractivity contribution is 7.97. The summed E-state index contributed by atoms with van der Waals surface area (Å²) in [6.45, 7) is 9.03. The number of fused-ring (bicyclic) bond motifs is 1. The highest BCUT2D eigenvalue weighted by Gasteiger charge is 2.40. The van der Waals surface area contributed by atoms with Crippen molar-refractivity contribution in [1.29, 1.82) is 0 Å². The molecule has 8 heteroatoms. The van der Waals surface area contributed by atoms with E-state index < -0.39 is 15.9 Å². The molecule has 1 heterocycles. The van der Waals surface area contributed by atoms with Gasteiger partial charge in [0.25, 0.3) is 15.9 Å². The van der Waals surface area contributed by atoms with E-state index in [2.05, 4.69) is 11.9 Å². The molecule has 2 aromatic carbocycles. The zero-order valence-electron chi connectivity index (χ0n) is 18.3. The number of allylic oxidation sites excluding steroid dienone is 1. The first kappa shape index (κ1) is 22.4. The second-order valence-electron chi connectivity index (χ2n) is 7.28. The van der Waals surface area contributed by atoms with Gasteiger partial charge in [0.1, 0.15) is 0 Å². The summed E-state index contributed by atoms with van der Waals surface area (Å²) in [5.74, 6) is 0.134. The molecule has 7 nitrogen and oxygen atoms in total. The molecule has 0 radical (unpaired) electrons. The van der Waals surface area contributed by atoms with E-state index in [0.29, 0.717) is 34.0 Å². The third kappa shape index (κ3) is 3.90. The lowest BCUT2D eigenvalue weighted by atomic mass is 10.0. The molecule has 0 bridgehead atoms. The Morgan fingerprint density at radius 1 is 1.10 bits per heavy atom. The summed E-state index contributed by atoms with van der Waals surface area (Å²) in [4.78, 5) is 12.9. The lowest BCUT2D eigenvalue weighted by molar-refractivity contribution is -0.112. The molecule has 0 unspecified atom stereocenters. The Balaban J connectivity index is 2.22. The summed E-state index contributed by atoms with van der Waals surface area (Å²) >= 11 is 0. The van der Waals surface area contributed by atoms with E-state index in [1.54, 1.807) is 19.1 Å². The number of carbonyl (C=O) groups excluding carboxylic acids is 1. The van der Waals surface area contributed by atoms with Crippen LogP contribution in [-0.4, -0.2) is 35.1 Å². The van der Waals surface area contributed by atoms with Crippen LogP contribution in [0.3, 0.4) is 0 Å². The summed E-state index contributed by atoms with van der Waals surface area (Å²) in [6.07, 6.45) is 1.47. The Morgan fingerprint density at radius 2 is 1.74 bits per heavy atom. The van der Waals surface area contributed by atoms with Crippen molar-refractivity contribution in [3.05, 3.63) is 64.6 Å². The van der Waals surface area contributed by atoms with Crippen LogP contribution in [-0.2, 0) is 14.8 Å². The van der Waals surface area contributed by atoms with E-state index >= 15 is 0 Å². The van der Waals surface area contributed by atoms with Crippen LogP contribution < -0.4 is 19.1 Å². The Hall–Kier alpha value is -3.26. The van der Waals surface area contributed by atoms with E-state index in [1.807, 2.05) is 32.0 Å². The smallest absolute Gasteiger partial charge is 0.270 e. The number of benzene rings is 2. The number of hydrogen-bond acceptors (Lipinski definition) is 5. The number of anilines is 2. The zero-order chi connectivity index (χ0) is 22.9. The van der Waals surface area contributed by atoms with E-state index in [9.17, 15) is 13.2 Å². The number of amides is 1. The normalized spacial score (nSPS) is 14.7. The molecule has 31 heavy (non-hydrogen) atoms. The molecule has 3 rings (SSSR count). The number of nitrogens with zero attached hydrogens (tertiary/aromatic N) is 1. The number of rotatable bonds is 6. The molecule has 1 aliphatic rings. The molecule has 164 valence electrons. The molecule has 2 aromatic rings. The molecule has 1 N–H and O–H groups in total. The lowest BCUT2D eigenvalue weighted by Gasteiger charge is -2.32. The maximum atomic E-state index is 13.5. The predicted octanol–water partition coefficient (Wildman–Crippen LogP) is 4.03. The Bertz CT molecular complexity index is 1200. The first-order chi connectivity index (χ1) is 14.6. The van der Waals surface area contributed by atoms with Gasteiger partial charge in [0.15, 0.2) is 16.4 Å². The van der Waals surface area contributed by atoms with Crippen LogP contribution in [0.15, 0.2) is 47.9 Å². The van der Waals surface area contributed by atoms with Crippen molar-refractivity contribution in [3.8, 4) is 11.5 Å². The average Bonchev–Trinajstić information content (AvgIpc) is 2.72. The summed E-state index contributed by atoms with van der Waals surface area (Å²) in [5, 5.41) is 2.77. The fourth-order valence-corrected chi connectivity index (χ4v) is 5.30. The minimum atomic E-state index is -4.14. The van der Waals surface area contributed by atoms with Crippen LogP contribution in [0.1, 0.15) is 23.6 Å². The molecule has 0 saturated carbocycles. The lowest BCUT2D eigenvalue weighted by Crippen LogP contribution is -2.39. The number of methoxy groups -OCH3 is 2. The quantitative estimate of drug-likeness (QED) is 0.683. The van der Waals surface area contributed by atoms with Gasteiger partial charge in [-0.1, -0.05) is 18.2 Å². The summed E-state index contributed by atoms with van der Waals surface area (Å²) in [6, 6.07) is 8.88. The van der Waals surface area contributed by atoms with Crippen LogP contribution >= 0.6 is 0 Å². The second-order valence-corrected chi connectivity index (χ2v) is 9.07. The maximum Gasteiger partial charge on any atom is 0.270 e. The fraction of sp³-hybridized carbons (Fsp3) is 0.261. The predicted molar refractivity (Wildman–Crippen MR) is 123 cm³/mol. The molecule has 0 saturated heterocycles. The first-order valence-electron chi connectivity index (χ1n) is 9.65. The number of aryl methyl sites for hydroxylation is 2. The molecule has 0 aromatic heterocycles. The number of carbonyl (C=O) groups is 1. The van der Waals surface area contributed by atoms with Crippen molar-refractivity contribution in [1.82, 2.24) is 0 Å². The van der Waals surface area contributed by atoms with E-state index in [0.717, 1.165) is 15.4 Å². The molecule has 1 amide bonds. The average molecular weight is 443 g/mol. The van der Waals surface area contributed by atoms with Crippen LogP contribution in [0.2, 0.25) is 0 Å². The van der Waals surface area contributed by atoms with Crippen molar-refractivity contribution in [2.24, 2.45) is 0 Å². The minimum absolute atomic E-state index is 0.00164. The molecule has 0 aliphatic carbocycles. The van der Waals surface area contributed by atoms with Gasteiger partial charge < -0.3 is 14.8 Å². The Kier molecular flexibility index (Phi) is 6.13. The van der Waals surface area contributed by atoms with Gasteiger partial charge in [-0.2, -0.15) is 0 Å². The molecular formula is C23H26N2O5S. The number of hydrogen-bond donors (Lipinski definition) is 1. The Morgan fingerprint density at radius 3 is 2.35 bits per heavy atom. The molecule has 1 aliphatic heterocycles. The highest BCUT2D eigenvalue weighted by Crippen LogP contribution is 2.45. The SMILES string of the molecule is C=CCN1c2cc(OC)c(OC)cc2C(C)=C(C(=O)Nc2cc(C)ccc2C)S1(=O)=O. The highest BCUT2D eigenvalue weighted by atomic mass is 32.2. The summed E-state index contributed by atoms with van der Waals surface area (Å²) < 4.78 is 38.9. The van der Waals surface area contributed by atoms with Gasteiger partial charge in [-0.15, -0.1) is 6.58 Å². The van der Waals surface area contributed by atoms with Gasteiger partial charge in [0, 0.05) is 17.3 Å². The van der Waals surface area contributed by atoms with Crippen molar-refractivity contribution in [2.45, 2.75) is 20.8 Å². The summed E-state index contributed by atoms with van der Waals surface area (Å²) in [7, 11) is -1.17. The van der Waals surface area contributed by atoms with Gasteiger partial charge >= 0.3 is 0 Å².